The molecule has 0 saturated carbocycles. The molecule has 0 radical (unpaired) electrons. The van der Waals surface area contributed by atoms with Gasteiger partial charge in [-0.3, -0.25) is 0 Å². The van der Waals surface area contributed by atoms with Crippen molar-refractivity contribution < 1.29 is 9.53 Å². The van der Waals surface area contributed by atoms with Gasteiger partial charge in [-0.15, -0.1) is 0 Å². The van der Waals surface area contributed by atoms with E-state index >= 15 is 0 Å². The zero-order chi connectivity index (χ0) is 10.8. The summed E-state index contributed by atoms with van der Waals surface area (Å²) in [6.45, 7) is 7.24. The fourth-order valence-electron chi connectivity index (χ4n) is 0.744. The highest BCUT2D eigenvalue weighted by Gasteiger charge is 1.97. The van der Waals surface area contributed by atoms with Crippen molar-refractivity contribution >= 4 is 5.97 Å². The summed E-state index contributed by atoms with van der Waals surface area (Å²) < 4.78 is 4.74. The van der Waals surface area contributed by atoms with E-state index in [0.717, 1.165) is 6.42 Å². The Morgan fingerprint density at radius 2 is 2.14 bits per heavy atom. The van der Waals surface area contributed by atoms with Crippen LogP contribution in [0.15, 0.2) is 36.6 Å². The largest absolute Gasteiger partial charge is 0.431 e. The number of ether oxygens (including phenoxy) is 1. The molecule has 0 N–H and O–H groups in total. The van der Waals surface area contributed by atoms with E-state index in [1.807, 2.05) is 6.08 Å². The SMILES string of the molecule is C=C(C)C(=O)OC=CC=CCCCC. The molecule has 0 spiro atoms. The third-order valence-corrected chi connectivity index (χ3v) is 1.57. The van der Waals surface area contributed by atoms with Crippen LogP contribution in [-0.4, -0.2) is 5.97 Å². The van der Waals surface area contributed by atoms with Gasteiger partial charge in [-0.2, -0.15) is 0 Å². The van der Waals surface area contributed by atoms with Gasteiger partial charge in [0.05, 0.1) is 6.26 Å². The molecule has 0 aliphatic carbocycles. The van der Waals surface area contributed by atoms with Crippen molar-refractivity contribution in [1.29, 1.82) is 0 Å². The van der Waals surface area contributed by atoms with Gasteiger partial charge in [0.15, 0.2) is 0 Å². The molecule has 0 aliphatic rings. The Bertz CT molecular complexity index is 237. The molecule has 0 heterocycles. The maximum Gasteiger partial charge on any atom is 0.337 e. The Morgan fingerprint density at radius 3 is 2.71 bits per heavy atom. The number of hydrogen-bond acceptors (Lipinski definition) is 2. The normalized spacial score (nSPS) is 11.0. The fourth-order valence-corrected chi connectivity index (χ4v) is 0.744. The van der Waals surface area contributed by atoms with Crippen LogP contribution in [-0.2, 0) is 9.53 Å². The maximum atomic E-state index is 10.9. The standard InChI is InChI=1S/C12H18O2/c1-4-5-6-7-8-9-10-14-12(13)11(2)3/h7-10H,2,4-6H2,1,3H3. The molecule has 0 amide bonds. The van der Waals surface area contributed by atoms with E-state index in [0.29, 0.717) is 5.57 Å². The number of allylic oxidation sites excluding steroid dienone is 3. The van der Waals surface area contributed by atoms with E-state index in [2.05, 4.69) is 19.6 Å². The van der Waals surface area contributed by atoms with Gasteiger partial charge < -0.3 is 4.74 Å². The lowest BCUT2D eigenvalue weighted by Gasteiger charge is -1.94. The van der Waals surface area contributed by atoms with Gasteiger partial charge in [0, 0.05) is 5.57 Å². The van der Waals surface area contributed by atoms with Crippen LogP contribution in [0.4, 0.5) is 0 Å². The Morgan fingerprint density at radius 1 is 1.43 bits per heavy atom. The number of unbranched alkanes of at least 4 members (excludes halogenated alkanes) is 2. The molecule has 0 atom stereocenters. The average Bonchev–Trinajstić information content (AvgIpc) is 2.16. The molecule has 0 saturated heterocycles. The van der Waals surface area contributed by atoms with Crippen molar-refractivity contribution in [2.24, 2.45) is 0 Å². The maximum absolute atomic E-state index is 10.9. The highest BCUT2D eigenvalue weighted by Crippen LogP contribution is 1.96. The lowest BCUT2D eigenvalue weighted by Crippen LogP contribution is -1.98. The van der Waals surface area contributed by atoms with E-state index in [1.54, 1.807) is 13.0 Å². The summed E-state index contributed by atoms with van der Waals surface area (Å²) in [5, 5.41) is 0. The molecule has 0 aromatic heterocycles. The molecule has 78 valence electrons. The van der Waals surface area contributed by atoms with Gasteiger partial charge in [0.2, 0.25) is 0 Å². The summed E-state index contributed by atoms with van der Waals surface area (Å²) in [6.07, 6.45) is 10.5. The number of carbonyl (C=O) groups excluding carboxylic acids is 1. The van der Waals surface area contributed by atoms with Crippen molar-refractivity contribution in [3.63, 3.8) is 0 Å². The Kier molecular flexibility index (Phi) is 7.52. The zero-order valence-corrected chi connectivity index (χ0v) is 8.95. The quantitative estimate of drug-likeness (QED) is 0.213. The second-order valence-electron chi connectivity index (χ2n) is 3.08. The molecular formula is C12H18O2. The molecular weight excluding hydrogens is 176 g/mol. The Labute approximate surface area is 86.0 Å². The molecule has 0 aromatic carbocycles. The third kappa shape index (κ3) is 7.35. The minimum Gasteiger partial charge on any atom is -0.431 e. The predicted molar refractivity (Wildman–Crippen MR) is 58.7 cm³/mol. The molecule has 2 heteroatoms. The van der Waals surface area contributed by atoms with E-state index in [4.69, 9.17) is 4.74 Å². The summed E-state index contributed by atoms with van der Waals surface area (Å²) in [5.74, 6) is -0.386. The van der Waals surface area contributed by atoms with Crippen molar-refractivity contribution in [3.8, 4) is 0 Å². The van der Waals surface area contributed by atoms with Gasteiger partial charge in [-0.05, 0) is 19.4 Å². The van der Waals surface area contributed by atoms with E-state index in [9.17, 15) is 4.79 Å². The van der Waals surface area contributed by atoms with Crippen LogP contribution in [0.5, 0.6) is 0 Å². The van der Waals surface area contributed by atoms with Crippen molar-refractivity contribution in [1.82, 2.24) is 0 Å². The first kappa shape index (κ1) is 12.7. The van der Waals surface area contributed by atoms with Crippen LogP contribution in [0.3, 0.4) is 0 Å². The summed E-state index contributed by atoms with van der Waals surface area (Å²) >= 11 is 0. The summed E-state index contributed by atoms with van der Waals surface area (Å²) in [6, 6.07) is 0. The molecule has 0 aromatic rings. The Hall–Kier alpha value is -1.31. The van der Waals surface area contributed by atoms with E-state index in [-0.39, 0.29) is 5.97 Å². The highest BCUT2D eigenvalue weighted by molar-refractivity contribution is 5.87. The lowest BCUT2D eigenvalue weighted by molar-refractivity contribution is -0.133. The minimum atomic E-state index is -0.386. The first-order chi connectivity index (χ1) is 6.68. The zero-order valence-electron chi connectivity index (χ0n) is 8.95. The van der Waals surface area contributed by atoms with Crippen LogP contribution in [0.1, 0.15) is 33.1 Å². The summed E-state index contributed by atoms with van der Waals surface area (Å²) in [7, 11) is 0. The second kappa shape index (κ2) is 8.30. The molecule has 0 fully saturated rings. The van der Waals surface area contributed by atoms with Crippen LogP contribution < -0.4 is 0 Å². The van der Waals surface area contributed by atoms with Gasteiger partial charge in [-0.25, -0.2) is 4.79 Å². The number of rotatable bonds is 6. The van der Waals surface area contributed by atoms with Crippen molar-refractivity contribution in [2.75, 3.05) is 0 Å². The molecule has 0 bridgehead atoms. The molecule has 0 unspecified atom stereocenters. The third-order valence-electron chi connectivity index (χ3n) is 1.57. The monoisotopic (exact) mass is 194 g/mol. The van der Waals surface area contributed by atoms with Crippen LogP contribution in [0, 0.1) is 0 Å². The van der Waals surface area contributed by atoms with Crippen molar-refractivity contribution in [2.45, 2.75) is 33.1 Å². The average molecular weight is 194 g/mol. The topological polar surface area (TPSA) is 26.3 Å². The fraction of sp³-hybridized carbons (Fsp3) is 0.417. The van der Waals surface area contributed by atoms with Gasteiger partial charge in [0.1, 0.15) is 0 Å². The highest BCUT2D eigenvalue weighted by atomic mass is 16.5. The minimum absolute atomic E-state index is 0.386. The number of hydrogen-bond donors (Lipinski definition) is 0. The lowest BCUT2D eigenvalue weighted by atomic mass is 10.2. The second-order valence-corrected chi connectivity index (χ2v) is 3.08. The molecule has 14 heavy (non-hydrogen) atoms. The van der Waals surface area contributed by atoms with E-state index < -0.39 is 0 Å². The predicted octanol–water partition coefficient (Wildman–Crippen LogP) is 3.37. The van der Waals surface area contributed by atoms with Crippen LogP contribution in [0.2, 0.25) is 0 Å². The number of esters is 1. The van der Waals surface area contributed by atoms with Gasteiger partial charge in [-0.1, -0.05) is 38.5 Å². The molecule has 0 rings (SSSR count). The van der Waals surface area contributed by atoms with Gasteiger partial charge >= 0.3 is 5.97 Å². The number of carbonyl (C=O) groups is 1. The summed E-state index contributed by atoms with van der Waals surface area (Å²) in [4.78, 5) is 10.9. The Balaban J connectivity index is 3.58. The van der Waals surface area contributed by atoms with Crippen LogP contribution >= 0.6 is 0 Å². The molecule has 2 nitrogen and oxygen atoms in total. The first-order valence-electron chi connectivity index (χ1n) is 4.86. The smallest absolute Gasteiger partial charge is 0.337 e. The molecule has 0 aliphatic heterocycles. The summed E-state index contributed by atoms with van der Waals surface area (Å²) in [5.41, 5.74) is 0.407. The van der Waals surface area contributed by atoms with Gasteiger partial charge in [0.25, 0.3) is 0 Å². The van der Waals surface area contributed by atoms with E-state index in [1.165, 1.54) is 19.1 Å². The van der Waals surface area contributed by atoms with Crippen LogP contribution in [0.25, 0.3) is 0 Å². The first-order valence-corrected chi connectivity index (χ1v) is 4.86. The van der Waals surface area contributed by atoms with Crippen molar-refractivity contribution in [3.05, 3.63) is 36.6 Å².